The molecule has 2 nitrogen and oxygen atoms in total. The van der Waals surface area contributed by atoms with Gasteiger partial charge in [-0.25, -0.2) is 0 Å². The maximum Gasteiger partial charge on any atom is 0.0220 e. The van der Waals surface area contributed by atoms with Gasteiger partial charge in [0.25, 0.3) is 0 Å². The van der Waals surface area contributed by atoms with Crippen LogP contribution in [0.3, 0.4) is 0 Å². The van der Waals surface area contributed by atoms with Crippen LogP contribution in [0.15, 0.2) is 30.3 Å². The van der Waals surface area contributed by atoms with Gasteiger partial charge >= 0.3 is 0 Å². The topological polar surface area (TPSA) is 6.48 Å². The Hall–Kier alpha value is -0.510. The lowest BCUT2D eigenvalue weighted by atomic mass is 9.99. The zero-order valence-electron chi connectivity index (χ0n) is 13.9. The SMILES string of the molecule is CN(CCc1ccccc1)[C@@H]1CCCN(C2CCSCC2)C1. The second-order valence-corrected chi connectivity index (χ2v) is 8.08. The molecular formula is C19H30N2S. The smallest absolute Gasteiger partial charge is 0.0220 e. The van der Waals surface area contributed by atoms with E-state index in [1.807, 2.05) is 0 Å². The van der Waals surface area contributed by atoms with Crippen LogP contribution in [0, 0.1) is 0 Å². The molecule has 2 aliphatic rings. The first-order valence-electron chi connectivity index (χ1n) is 8.89. The van der Waals surface area contributed by atoms with Crippen LogP contribution in [-0.4, -0.2) is 60.1 Å². The molecule has 122 valence electrons. The van der Waals surface area contributed by atoms with Crippen LogP contribution in [-0.2, 0) is 6.42 Å². The van der Waals surface area contributed by atoms with Crippen molar-refractivity contribution in [3.8, 4) is 0 Å². The minimum atomic E-state index is 0.757. The monoisotopic (exact) mass is 318 g/mol. The molecule has 0 spiro atoms. The van der Waals surface area contributed by atoms with Gasteiger partial charge in [-0.1, -0.05) is 30.3 Å². The molecule has 2 fully saturated rings. The third-order valence-corrected chi connectivity index (χ3v) is 6.40. The van der Waals surface area contributed by atoms with Gasteiger partial charge in [-0.2, -0.15) is 11.8 Å². The van der Waals surface area contributed by atoms with Crippen LogP contribution < -0.4 is 0 Å². The molecule has 0 amide bonds. The summed E-state index contributed by atoms with van der Waals surface area (Å²) in [4.78, 5) is 5.41. The first kappa shape index (κ1) is 16.4. The van der Waals surface area contributed by atoms with Crippen molar-refractivity contribution in [2.45, 2.75) is 44.2 Å². The average Bonchev–Trinajstić information content (AvgIpc) is 2.61. The molecule has 0 N–H and O–H groups in total. The van der Waals surface area contributed by atoms with E-state index < -0.39 is 0 Å². The molecule has 0 radical (unpaired) electrons. The Bertz CT molecular complexity index is 430. The Balaban J connectivity index is 1.48. The van der Waals surface area contributed by atoms with Gasteiger partial charge in [-0.05, 0) is 62.8 Å². The number of nitrogens with zero attached hydrogens (tertiary/aromatic N) is 2. The van der Waals surface area contributed by atoms with E-state index in [4.69, 9.17) is 0 Å². The molecule has 3 heteroatoms. The largest absolute Gasteiger partial charge is 0.302 e. The number of benzene rings is 1. The summed E-state index contributed by atoms with van der Waals surface area (Å²) in [6.45, 7) is 3.81. The van der Waals surface area contributed by atoms with E-state index in [2.05, 4.69) is 58.9 Å². The van der Waals surface area contributed by atoms with E-state index >= 15 is 0 Å². The van der Waals surface area contributed by atoms with Crippen LogP contribution >= 0.6 is 11.8 Å². The Labute approximate surface area is 140 Å². The Morgan fingerprint density at radius 2 is 1.91 bits per heavy atom. The molecule has 0 saturated carbocycles. The molecule has 0 unspecified atom stereocenters. The number of likely N-dealkylation sites (N-methyl/N-ethyl adjacent to an activating group) is 1. The predicted octanol–water partition coefficient (Wildman–Crippen LogP) is 3.52. The van der Waals surface area contributed by atoms with Crippen molar-refractivity contribution in [1.29, 1.82) is 0 Å². The highest BCUT2D eigenvalue weighted by molar-refractivity contribution is 7.99. The van der Waals surface area contributed by atoms with Crippen molar-refractivity contribution in [3.63, 3.8) is 0 Å². The maximum absolute atomic E-state index is 2.80. The predicted molar refractivity (Wildman–Crippen MR) is 97.7 cm³/mol. The van der Waals surface area contributed by atoms with Crippen molar-refractivity contribution in [2.75, 3.05) is 38.2 Å². The summed E-state index contributed by atoms with van der Waals surface area (Å²) in [5.74, 6) is 2.74. The first-order valence-corrected chi connectivity index (χ1v) is 10.0. The summed E-state index contributed by atoms with van der Waals surface area (Å²) in [6, 6.07) is 12.5. The lowest BCUT2D eigenvalue weighted by Gasteiger charge is -2.42. The van der Waals surface area contributed by atoms with Crippen LogP contribution in [0.5, 0.6) is 0 Å². The van der Waals surface area contributed by atoms with E-state index in [1.54, 1.807) is 0 Å². The van der Waals surface area contributed by atoms with Gasteiger partial charge in [0, 0.05) is 25.2 Å². The number of hydrogen-bond acceptors (Lipinski definition) is 3. The van der Waals surface area contributed by atoms with Crippen LogP contribution in [0.2, 0.25) is 0 Å². The van der Waals surface area contributed by atoms with Gasteiger partial charge in [0.1, 0.15) is 0 Å². The molecule has 22 heavy (non-hydrogen) atoms. The van der Waals surface area contributed by atoms with Crippen LogP contribution in [0.25, 0.3) is 0 Å². The fourth-order valence-corrected chi connectivity index (χ4v) is 4.94. The summed E-state index contributed by atoms with van der Waals surface area (Å²) < 4.78 is 0. The standard InChI is InChI=1S/C19H30N2S/c1-20(13-9-17-6-3-2-4-7-17)19-8-5-12-21(16-19)18-10-14-22-15-11-18/h2-4,6-7,18-19H,5,8-16H2,1H3/t19-/m1/s1. The van der Waals surface area contributed by atoms with Gasteiger partial charge in [0.15, 0.2) is 0 Å². The van der Waals surface area contributed by atoms with Gasteiger partial charge in [-0.15, -0.1) is 0 Å². The molecule has 1 aromatic carbocycles. The van der Waals surface area contributed by atoms with E-state index in [0.717, 1.165) is 12.1 Å². The molecule has 1 atom stereocenters. The Kier molecular flexibility index (Phi) is 6.22. The zero-order chi connectivity index (χ0) is 15.2. The molecule has 0 aromatic heterocycles. The molecule has 1 aromatic rings. The van der Waals surface area contributed by atoms with Gasteiger partial charge in [0.2, 0.25) is 0 Å². The molecule has 0 aliphatic carbocycles. The highest BCUT2D eigenvalue weighted by Crippen LogP contribution is 2.25. The fourth-order valence-electron chi connectivity index (χ4n) is 3.86. The minimum absolute atomic E-state index is 0.757. The van der Waals surface area contributed by atoms with Gasteiger partial charge in [0.05, 0.1) is 0 Å². The third kappa shape index (κ3) is 4.50. The summed E-state index contributed by atoms with van der Waals surface area (Å²) in [7, 11) is 2.33. The maximum atomic E-state index is 2.80. The molecular weight excluding hydrogens is 288 g/mol. The van der Waals surface area contributed by atoms with Crippen molar-refractivity contribution < 1.29 is 0 Å². The lowest BCUT2D eigenvalue weighted by Crippen LogP contribution is -2.51. The summed E-state index contributed by atoms with van der Waals surface area (Å²) in [5, 5.41) is 0. The van der Waals surface area contributed by atoms with E-state index in [-0.39, 0.29) is 0 Å². The van der Waals surface area contributed by atoms with Gasteiger partial charge < -0.3 is 4.90 Å². The lowest BCUT2D eigenvalue weighted by molar-refractivity contribution is 0.0812. The molecule has 3 rings (SSSR count). The summed E-state index contributed by atoms with van der Waals surface area (Å²) in [6.07, 6.45) is 6.75. The normalized spacial score (nSPS) is 24.7. The first-order chi connectivity index (χ1) is 10.8. The highest BCUT2D eigenvalue weighted by Gasteiger charge is 2.28. The molecule has 0 bridgehead atoms. The van der Waals surface area contributed by atoms with Crippen molar-refractivity contribution in [3.05, 3.63) is 35.9 Å². The van der Waals surface area contributed by atoms with Gasteiger partial charge in [-0.3, -0.25) is 4.90 Å². The van der Waals surface area contributed by atoms with Crippen molar-refractivity contribution in [1.82, 2.24) is 9.80 Å². The van der Waals surface area contributed by atoms with E-state index in [0.29, 0.717) is 0 Å². The molecule has 2 aliphatic heterocycles. The molecule has 2 saturated heterocycles. The zero-order valence-corrected chi connectivity index (χ0v) is 14.7. The highest BCUT2D eigenvalue weighted by atomic mass is 32.2. The number of piperidine rings is 1. The van der Waals surface area contributed by atoms with Crippen LogP contribution in [0.1, 0.15) is 31.2 Å². The second-order valence-electron chi connectivity index (χ2n) is 6.85. The number of rotatable bonds is 5. The Morgan fingerprint density at radius 3 is 2.68 bits per heavy atom. The van der Waals surface area contributed by atoms with Crippen molar-refractivity contribution >= 4 is 11.8 Å². The van der Waals surface area contributed by atoms with E-state index in [1.165, 1.54) is 68.8 Å². The van der Waals surface area contributed by atoms with Crippen molar-refractivity contribution in [2.24, 2.45) is 0 Å². The minimum Gasteiger partial charge on any atom is -0.302 e. The quantitative estimate of drug-likeness (QED) is 0.820. The second kappa shape index (κ2) is 8.37. The Morgan fingerprint density at radius 1 is 1.14 bits per heavy atom. The van der Waals surface area contributed by atoms with E-state index in [9.17, 15) is 0 Å². The molecule has 2 heterocycles. The summed E-state index contributed by atoms with van der Waals surface area (Å²) >= 11 is 2.14. The van der Waals surface area contributed by atoms with Crippen LogP contribution in [0.4, 0.5) is 0 Å². The number of thioether (sulfide) groups is 1. The number of likely N-dealkylation sites (tertiary alicyclic amines) is 1. The summed E-state index contributed by atoms with van der Waals surface area (Å²) in [5.41, 5.74) is 1.46. The fraction of sp³-hybridized carbons (Fsp3) is 0.684. The third-order valence-electron chi connectivity index (χ3n) is 5.35. The average molecular weight is 319 g/mol. The number of hydrogen-bond donors (Lipinski definition) is 0.